The van der Waals surface area contributed by atoms with Crippen molar-refractivity contribution in [2.75, 3.05) is 20.3 Å². The van der Waals surface area contributed by atoms with Gasteiger partial charge in [-0.1, -0.05) is 6.08 Å². The molecule has 0 radical (unpaired) electrons. The van der Waals surface area contributed by atoms with Crippen LogP contribution in [-0.4, -0.2) is 55.0 Å². The van der Waals surface area contributed by atoms with E-state index in [2.05, 4.69) is 5.97 Å². The third kappa shape index (κ3) is 5.68. The van der Waals surface area contributed by atoms with Gasteiger partial charge in [-0.3, -0.25) is 4.79 Å². The van der Waals surface area contributed by atoms with E-state index < -0.39 is 6.10 Å². The molecule has 1 saturated carbocycles. The number of aliphatic hydroxyl groups is 1. The number of carbonyl (C=O) groups excluding carboxylic acids is 1. The fourth-order valence-corrected chi connectivity index (χ4v) is 2.82. The SMILES string of the molecule is C\C=C(/C=C(O)\C=C\CN(C(=O)[C@H]1CB(C#N)CCO1)C1CC1)OC. The van der Waals surface area contributed by atoms with Crippen molar-refractivity contribution in [1.29, 1.82) is 5.26 Å². The van der Waals surface area contributed by atoms with Crippen molar-refractivity contribution in [3.05, 3.63) is 35.8 Å². The maximum absolute atomic E-state index is 12.7. The Hall–Kier alpha value is -2.20. The van der Waals surface area contributed by atoms with E-state index in [4.69, 9.17) is 14.7 Å². The summed E-state index contributed by atoms with van der Waals surface area (Å²) in [7, 11) is 1.54. The Morgan fingerprint density at radius 1 is 1.52 bits per heavy atom. The Balaban J connectivity index is 1.96. The zero-order valence-corrected chi connectivity index (χ0v) is 14.9. The monoisotopic (exact) mass is 344 g/mol. The van der Waals surface area contributed by atoms with Gasteiger partial charge in [-0.25, -0.2) is 5.26 Å². The Labute approximate surface area is 149 Å². The predicted octanol–water partition coefficient (Wildman–Crippen LogP) is 2.48. The van der Waals surface area contributed by atoms with E-state index in [-0.39, 0.29) is 24.4 Å². The molecule has 0 bridgehead atoms. The van der Waals surface area contributed by atoms with Crippen molar-refractivity contribution >= 4 is 12.6 Å². The first-order chi connectivity index (χ1) is 12.1. The fraction of sp³-hybridized carbons (Fsp3) is 0.556. The van der Waals surface area contributed by atoms with Crippen LogP contribution in [0.25, 0.3) is 0 Å². The third-order valence-electron chi connectivity index (χ3n) is 4.41. The zero-order valence-electron chi connectivity index (χ0n) is 14.9. The molecular formula is C18H25BN2O4. The molecule has 134 valence electrons. The molecule has 2 aliphatic rings. The molecule has 0 aromatic heterocycles. The Kier molecular flexibility index (Phi) is 7.14. The number of amides is 1. The van der Waals surface area contributed by atoms with Gasteiger partial charge in [-0.15, -0.1) is 0 Å². The molecule has 7 heteroatoms. The standard InChI is InChI=1S/C18H25BN2O4/c1-3-16(24-2)11-15(22)5-4-9-21(14-6-7-14)18(23)17-12-19(13-20)8-10-25-17/h3-5,11,14,17,22H,6-10,12H2,1-2H3/b5-4+,15-11+,16-3+/t17-/m1/s1. The van der Waals surface area contributed by atoms with E-state index >= 15 is 0 Å². The van der Waals surface area contributed by atoms with E-state index in [1.165, 1.54) is 13.2 Å². The Morgan fingerprint density at radius 2 is 2.28 bits per heavy atom. The number of aliphatic hydroxyl groups excluding tert-OH is 1. The summed E-state index contributed by atoms with van der Waals surface area (Å²) in [5.41, 5.74) is 0. The molecule has 1 aliphatic heterocycles. The van der Waals surface area contributed by atoms with Crippen LogP contribution in [0.15, 0.2) is 35.8 Å². The average Bonchev–Trinajstić information content (AvgIpc) is 3.47. The molecule has 1 aliphatic carbocycles. The van der Waals surface area contributed by atoms with Gasteiger partial charge in [0.05, 0.1) is 7.11 Å². The topological polar surface area (TPSA) is 82.8 Å². The minimum Gasteiger partial charge on any atom is -0.508 e. The number of ether oxygens (including phenoxy) is 2. The number of hydrogen-bond acceptors (Lipinski definition) is 5. The van der Waals surface area contributed by atoms with Crippen molar-refractivity contribution in [3.8, 4) is 5.97 Å². The van der Waals surface area contributed by atoms with E-state index in [0.29, 0.717) is 31.6 Å². The number of nitrogens with zero attached hydrogens (tertiary/aromatic N) is 2. The molecule has 0 spiro atoms. The highest BCUT2D eigenvalue weighted by Gasteiger charge is 2.38. The number of carbonyl (C=O) groups is 1. The molecule has 1 amide bonds. The first-order valence-corrected chi connectivity index (χ1v) is 8.68. The van der Waals surface area contributed by atoms with Crippen molar-refractivity contribution in [3.63, 3.8) is 0 Å². The molecule has 2 rings (SSSR count). The minimum atomic E-state index is -0.528. The lowest BCUT2D eigenvalue weighted by Gasteiger charge is -2.29. The van der Waals surface area contributed by atoms with Crippen LogP contribution < -0.4 is 0 Å². The van der Waals surface area contributed by atoms with Gasteiger partial charge in [0.2, 0.25) is 0 Å². The second-order valence-corrected chi connectivity index (χ2v) is 6.30. The molecule has 6 nitrogen and oxygen atoms in total. The molecule has 1 atom stereocenters. The lowest BCUT2D eigenvalue weighted by atomic mass is 9.45. The van der Waals surface area contributed by atoms with Gasteiger partial charge in [0.15, 0.2) is 0 Å². The molecule has 1 heterocycles. The lowest BCUT2D eigenvalue weighted by molar-refractivity contribution is -0.142. The van der Waals surface area contributed by atoms with Gasteiger partial charge in [0, 0.05) is 31.2 Å². The van der Waals surface area contributed by atoms with Crippen LogP contribution >= 0.6 is 0 Å². The van der Waals surface area contributed by atoms with E-state index in [9.17, 15) is 9.90 Å². The molecule has 2 fully saturated rings. The maximum Gasteiger partial charge on any atom is 0.273 e. The lowest BCUT2D eigenvalue weighted by Crippen LogP contribution is -2.45. The van der Waals surface area contributed by atoms with Crippen molar-refractivity contribution in [2.45, 2.75) is 44.6 Å². The van der Waals surface area contributed by atoms with Crippen LogP contribution in [0.1, 0.15) is 19.8 Å². The number of nitriles is 1. The number of allylic oxidation sites excluding steroid dienone is 3. The first-order valence-electron chi connectivity index (χ1n) is 8.68. The quantitative estimate of drug-likeness (QED) is 0.436. The van der Waals surface area contributed by atoms with Gasteiger partial charge in [0.25, 0.3) is 12.6 Å². The summed E-state index contributed by atoms with van der Waals surface area (Å²) >= 11 is 0. The molecule has 0 aromatic rings. The number of hydrogen-bond donors (Lipinski definition) is 1. The molecular weight excluding hydrogens is 319 g/mol. The number of methoxy groups -OCH3 is 1. The normalized spacial score (nSPS) is 22.0. The van der Waals surface area contributed by atoms with Crippen LogP contribution in [0.5, 0.6) is 0 Å². The summed E-state index contributed by atoms with van der Waals surface area (Å²) in [5.74, 6) is 2.81. The summed E-state index contributed by atoms with van der Waals surface area (Å²) < 4.78 is 10.7. The van der Waals surface area contributed by atoms with Crippen molar-refractivity contribution < 1.29 is 19.4 Å². The van der Waals surface area contributed by atoms with Crippen LogP contribution in [-0.2, 0) is 14.3 Å². The zero-order chi connectivity index (χ0) is 18.2. The van der Waals surface area contributed by atoms with Gasteiger partial charge in [0.1, 0.15) is 17.6 Å². The summed E-state index contributed by atoms with van der Waals surface area (Å²) in [6.45, 7) is 2.57. The second kappa shape index (κ2) is 9.33. The summed E-state index contributed by atoms with van der Waals surface area (Å²) in [6, 6.07) is 0.236. The van der Waals surface area contributed by atoms with Crippen LogP contribution in [0.3, 0.4) is 0 Å². The molecule has 0 unspecified atom stereocenters. The fourth-order valence-electron chi connectivity index (χ4n) is 2.82. The summed E-state index contributed by atoms with van der Waals surface area (Å²) in [5, 5.41) is 19.0. The van der Waals surface area contributed by atoms with Crippen molar-refractivity contribution in [2.24, 2.45) is 0 Å². The molecule has 25 heavy (non-hydrogen) atoms. The van der Waals surface area contributed by atoms with Crippen LogP contribution in [0.2, 0.25) is 12.6 Å². The summed E-state index contributed by atoms with van der Waals surface area (Å²) in [4.78, 5) is 14.5. The smallest absolute Gasteiger partial charge is 0.273 e. The van der Waals surface area contributed by atoms with Gasteiger partial charge in [-0.05, 0) is 44.6 Å². The highest BCUT2D eigenvalue weighted by atomic mass is 16.5. The van der Waals surface area contributed by atoms with E-state index in [1.54, 1.807) is 23.1 Å². The third-order valence-corrected chi connectivity index (χ3v) is 4.41. The number of rotatable bonds is 7. The minimum absolute atomic E-state index is 0.0541. The second-order valence-electron chi connectivity index (χ2n) is 6.30. The highest BCUT2D eigenvalue weighted by molar-refractivity contribution is 6.67. The highest BCUT2D eigenvalue weighted by Crippen LogP contribution is 2.29. The molecule has 1 N–H and O–H groups in total. The first kappa shape index (κ1) is 19.1. The van der Waals surface area contributed by atoms with Crippen molar-refractivity contribution in [1.82, 2.24) is 4.90 Å². The largest absolute Gasteiger partial charge is 0.508 e. The van der Waals surface area contributed by atoms with E-state index in [1.807, 2.05) is 6.92 Å². The summed E-state index contributed by atoms with van der Waals surface area (Å²) in [6.07, 6.45) is 9.18. The Bertz CT molecular complexity index is 605. The Morgan fingerprint density at radius 3 is 2.88 bits per heavy atom. The predicted molar refractivity (Wildman–Crippen MR) is 96.1 cm³/mol. The maximum atomic E-state index is 12.7. The molecule has 0 aromatic carbocycles. The van der Waals surface area contributed by atoms with Gasteiger partial charge >= 0.3 is 0 Å². The molecule has 1 saturated heterocycles. The van der Waals surface area contributed by atoms with Gasteiger partial charge in [-0.2, -0.15) is 0 Å². The van der Waals surface area contributed by atoms with Crippen LogP contribution in [0, 0.1) is 11.2 Å². The van der Waals surface area contributed by atoms with Crippen LogP contribution in [0.4, 0.5) is 0 Å². The van der Waals surface area contributed by atoms with Gasteiger partial charge < -0.3 is 19.5 Å². The van der Waals surface area contributed by atoms with E-state index in [0.717, 1.165) is 12.8 Å². The average molecular weight is 344 g/mol.